The lowest BCUT2D eigenvalue weighted by molar-refractivity contribution is 0.570. The summed E-state index contributed by atoms with van der Waals surface area (Å²) in [7, 11) is -4.12. The molecule has 0 radical (unpaired) electrons. The van der Waals surface area contributed by atoms with Gasteiger partial charge >= 0.3 is 0 Å². The van der Waals surface area contributed by atoms with Crippen molar-refractivity contribution < 1.29 is 17.2 Å². The highest BCUT2D eigenvalue weighted by molar-refractivity contribution is 7.89. The van der Waals surface area contributed by atoms with Gasteiger partial charge in [0.05, 0.1) is 0 Å². The van der Waals surface area contributed by atoms with Gasteiger partial charge in [-0.1, -0.05) is 24.3 Å². The summed E-state index contributed by atoms with van der Waals surface area (Å²) < 4.78 is 53.2. The van der Waals surface area contributed by atoms with Gasteiger partial charge in [0.25, 0.3) is 0 Å². The molecule has 0 saturated carbocycles. The van der Waals surface area contributed by atoms with Crippen LogP contribution in [0.2, 0.25) is 0 Å². The molecule has 0 amide bonds. The summed E-state index contributed by atoms with van der Waals surface area (Å²) in [4.78, 5) is -0.471. The van der Waals surface area contributed by atoms with E-state index in [1.54, 1.807) is 6.07 Å². The lowest BCUT2D eigenvalue weighted by Gasteiger charge is -2.09. The average Bonchev–Trinajstić information content (AvgIpc) is 2.46. The third kappa shape index (κ3) is 3.24. The molecule has 108 valence electrons. The van der Waals surface area contributed by atoms with Gasteiger partial charge in [-0.05, 0) is 18.2 Å². The van der Waals surface area contributed by atoms with Crippen LogP contribution in [0.5, 0.6) is 0 Å². The van der Waals surface area contributed by atoms with E-state index in [1.807, 2.05) is 0 Å². The molecule has 4 nitrogen and oxygen atoms in total. The van der Waals surface area contributed by atoms with Gasteiger partial charge in [-0.2, -0.15) is 5.26 Å². The van der Waals surface area contributed by atoms with Gasteiger partial charge in [-0.25, -0.2) is 21.9 Å². The zero-order valence-electron chi connectivity index (χ0n) is 10.7. The number of rotatable bonds is 4. The van der Waals surface area contributed by atoms with Gasteiger partial charge in [0.15, 0.2) is 0 Å². The molecule has 0 aliphatic carbocycles. The van der Waals surface area contributed by atoms with E-state index in [9.17, 15) is 17.2 Å². The molecule has 7 heteroatoms. The number of hydrogen-bond acceptors (Lipinski definition) is 3. The van der Waals surface area contributed by atoms with Crippen molar-refractivity contribution in [3.63, 3.8) is 0 Å². The van der Waals surface area contributed by atoms with Gasteiger partial charge in [0, 0.05) is 12.1 Å². The van der Waals surface area contributed by atoms with E-state index < -0.39 is 32.1 Å². The minimum atomic E-state index is -4.12. The Balaban J connectivity index is 2.30. The van der Waals surface area contributed by atoms with Crippen LogP contribution in [-0.2, 0) is 16.6 Å². The summed E-state index contributed by atoms with van der Waals surface area (Å²) >= 11 is 0. The molecule has 0 bridgehead atoms. The molecule has 2 rings (SSSR count). The van der Waals surface area contributed by atoms with E-state index in [2.05, 4.69) is 4.72 Å². The molecule has 0 aliphatic heterocycles. The van der Waals surface area contributed by atoms with Crippen LogP contribution in [0.15, 0.2) is 47.4 Å². The first kappa shape index (κ1) is 15.1. The molecule has 0 heterocycles. The average molecular weight is 308 g/mol. The quantitative estimate of drug-likeness (QED) is 0.942. The summed E-state index contributed by atoms with van der Waals surface area (Å²) in [6.07, 6.45) is 0. The van der Waals surface area contributed by atoms with E-state index in [0.717, 1.165) is 12.1 Å². The SMILES string of the molecule is N#Cc1c(F)cccc1S(=O)(=O)NCc1ccccc1F. The largest absolute Gasteiger partial charge is 0.242 e. The molecular weight excluding hydrogens is 298 g/mol. The molecule has 0 saturated heterocycles. The minimum Gasteiger partial charge on any atom is -0.207 e. The summed E-state index contributed by atoms with van der Waals surface area (Å²) in [5, 5.41) is 8.85. The van der Waals surface area contributed by atoms with Crippen LogP contribution in [0.1, 0.15) is 11.1 Å². The minimum absolute atomic E-state index is 0.149. The van der Waals surface area contributed by atoms with E-state index in [0.29, 0.717) is 0 Å². The Morgan fingerprint density at radius 3 is 2.38 bits per heavy atom. The third-order valence-corrected chi connectivity index (χ3v) is 4.23. The van der Waals surface area contributed by atoms with Gasteiger partial charge in [0.1, 0.15) is 28.2 Å². The Morgan fingerprint density at radius 1 is 1.05 bits per heavy atom. The summed E-state index contributed by atoms with van der Waals surface area (Å²) in [6.45, 7) is -0.295. The van der Waals surface area contributed by atoms with Crippen LogP contribution in [-0.4, -0.2) is 8.42 Å². The maximum Gasteiger partial charge on any atom is 0.242 e. The number of hydrogen-bond donors (Lipinski definition) is 1. The molecule has 2 aromatic carbocycles. The van der Waals surface area contributed by atoms with Crippen molar-refractivity contribution in [1.82, 2.24) is 4.72 Å². The predicted molar refractivity (Wildman–Crippen MR) is 71.5 cm³/mol. The maximum atomic E-state index is 13.4. The number of sulfonamides is 1. The molecule has 1 N–H and O–H groups in total. The van der Waals surface area contributed by atoms with Crippen LogP contribution in [0.25, 0.3) is 0 Å². The lowest BCUT2D eigenvalue weighted by Crippen LogP contribution is -2.24. The van der Waals surface area contributed by atoms with Gasteiger partial charge in [-0.3, -0.25) is 0 Å². The Hall–Kier alpha value is -2.30. The van der Waals surface area contributed by atoms with Crippen molar-refractivity contribution in [3.05, 3.63) is 65.2 Å². The van der Waals surface area contributed by atoms with Crippen LogP contribution in [0.4, 0.5) is 8.78 Å². The Kier molecular flexibility index (Phi) is 4.31. The Labute approximate surface area is 120 Å². The van der Waals surface area contributed by atoms with E-state index in [1.165, 1.54) is 30.3 Å². The normalized spacial score (nSPS) is 11.1. The molecule has 0 atom stereocenters. The molecule has 21 heavy (non-hydrogen) atoms. The van der Waals surface area contributed by atoms with Gasteiger partial charge in [-0.15, -0.1) is 0 Å². The highest BCUT2D eigenvalue weighted by Gasteiger charge is 2.21. The molecule has 0 unspecified atom stereocenters. The Bertz CT molecular complexity index is 814. The first-order chi connectivity index (χ1) is 9.95. The van der Waals surface area contributed by atoms with Gasteiger partial charge in [0.2, 0.25) is 10.0 Å². The Morgan fingerprint density at radius 2 is 1.71 bits per heavy atom. The standard InChI is InChI=1S/C14H10F2N2O2S/c15-12-5-2-1-4-10(12)9-18-21(19,20)14-7-3-6-13(16)11(14)8-17/h1-7,18H,9H2. The molecule has 0 aliphatic rings. The fourth-order valence-electron chi connectivity index (χ4n) is 1.73. The highest BCUT2D eigenvalue weighted by Crippen LogP contribution is 2.18. The first-order valence-corrected chi connectivity index (χ1v) is 7.35. The zero-order chi connectivity index (χ0) is 15.5. The first-order valence-electron chi connectivity index (χ1n) is 5.87. The molecule has 0 fully saturated rings. The predicted octanol–water partition coefficient (Wildman–Crippen LogP) is 2.31. The van der Waals surface area contributed by atoms with Crippen LogP contribution in [0, 0.1) is 23.0 Å². The smallest absolute Gasteiger partial charge is 0.207 e. The highest BCUT2D eigenvalue weighted by atomic mass is 32.2. The number of benzene rings is 2. The van der Waals surface area contributed by atoms with Crippen LogP contribution < -0.4 is 4.72 Å². The summed E-state index contributed by atoms with van der Waals surface area (Å²) in [5.74, 6) is -1.48. The van der Waals surface area contributed by atoms with Crippen molar-refractivity contribution in [3.8, 4) is 6.07 Å². The second-order valence-corrected chi connectivity index (χ2v) is 5.88. The van der Waals surface area contributed by atoms with Crippen LogP contribution >= 0.6 is 0 Å². The number of nitrogens with zero attached hydrogens (tertiary/aromatic N) is 1. The maximum absolute atomic E-state index is 13.4. The molecule has 2 aromatic rings. The topological polar surface area (TPSA) is 70.0 Å². The van der Waals surface area contributed by atoms with E-state index in [4.69, 9.17) is 5.26 Å². The third-order valence-electron chi connectivity index (χ3n) is 2.79. The van der Waals surface area contributed by atoms with Crippen molar-refractivity contribution in [2.75, 3.05) is 0 Å². The van der Waals surface area contributed by atoms with E-state index >= 15 is 0 Å². The number of nitriles is 1. The van der Waals surface area contributed by atoms with Crippen molar-refractivity contribution >= 4 is 10.0 Å². The van der Waals surface area contributed by atoms with E-state index in [-0.39, 0.29) is 12.1 Å². The number of nitrogens with one attached hydrogen (secondary N) is 1. The number of halogens is 2. The summed E-state index contributed by atoms with van der Waals surface area (Å²) in [5.41, 5.74) is -0.422. The van der Waals surface area contributed by atoms with Crippen molar-refractivity contribution in [2.24, 2.45) is 0 Å². The second kappa shape index (κ2) is 5.99. The summed E-state index contributed by atoms with van der Waals surface area (Å²) in [6, 6.07) is 10.5. The molecule has 0 aromatic heterocycles. The fraction of sp³-hybridized carbons (Fsp3) is 0.0714. The molecule has 0 spiro atoms. The molecular formula is C14H10F2N2O2S. The zero-order valence-corrected chi connectivity index (χ0v) is 11.5. The van der Waals surface area contributed by atoms with Crippen molar-refractivity contribution in [2.45, 2.75) is 11.4 Å². The monoisotopic (exact) mass is 308 g/mol. The lowest BCUT2D eigenvalue weighted by atomic mass is 10.2. The fourth-order valence-corrected chi connectivity index (χ4v) is 2.90. The van der Waals surface area contributed by atoms with Crippen molar-refractivity contribution in [1.29, 1.82) is 5.26 Å². The van der Waals surface area contributed by atoms with Gasteiger partial charge < -0.3 is 0 Å². The second-order valence-electron chi connectivity index (χ2n) is 4.14. The van der Waals surface area contributed by atoms with Crippen LogP contribution in [0.3, 0.4) is 0 Å².